The van der Waals surface area contributed by atoms with Gasteiger partial charge in [0.2, 0.25) is 5.91 Å². The summed E-state index contributed by atoms with van der Waals surface area (Å²) in [7, 11) is 0. The molecule has 0 aliphatic carbocycles. The Morgan fingerprint density at radius 1 is 1.08 bits per heavy atom. The van der Waals surface area contributed by atoms with Crippen LogP contribution in [0, 0.1) is 11.6 Å². The Hall–Kier alpha value is -3.49. The molecule has 1 aliphatic rings. The fourth-order valence-corrected chi connectivity index (χ4v) is 4.42. The van der Waals surface area contributed by atoms with Gasteiger partial charge in [0, 0.05) is 18.7 Å². The van der Waals surface area contributed by atoms with Crippen LogP contribution in [0.4, 0.5) is 27.6 Å². The molecule has 196 valence electrons. The van der Waals surface area contributed by atoms with Crippen LogP contribution in [0.25, 0.3) is 10.6 Å². The van der Waals surface area contributed by atoms with Crippen LogP contribution in [-0.4, -0.2) is 66.0 Å². The summed E-state index contributed by atoms with van der Waals surface area (Å²) in [6.45, 7) is 1.73. The van der Waals surface area contributed by atoms with Gasteiger partial charge >= 0.3 is 6.36 Å². The van der Waals surface area contributed by atoms with Crippen LogP contribution in [0.5, 0.6) is 5.75 Å². The fourth-order valence-electron chi connectivity index (χ4n) is 3.53. The summed E-state index contributed by atoms with van der Waals surface area (Å²) in [6.07, 6.45) is -5.37. The van der Waals surface area contributed by atoms with Crippen molar-refractivity contribution in [2.45, 2.75) is 12.8 Å². The Kier molecular flexibility index (Phi) is 8.10. The minimum absolute atomic E-state index is 0.0370. The number of hydrogen-bond donors (Lipinski definition) is 1. The summed E-state index contributed by atoms with van der Waals surface area (Å²) in [4.78, 5) is 27.1. The monoisotopic (exact) mass is 542 g/mol. The van der Waals surface area contributed by atoms with Gasteiger partial charge in [-0.25, -0.2) is 8.78 Å². The van der Waals surface area contributed by atoms with Crippen LogP contribution in [-0.2, 0) is 16.0 Å². The molecule has 0 bridgehead atoms. The van der Waals surface area contributed by atoms with Crippen LogP contribution in [0.1, 0.15) is 15.4 Å². The zero-order chi connectivity index (χ0) is 26.6. The summed E-state index contributed by atoms with van der Waals surface area (Å²) in [6, 6.07) is 6.42. The highest BCUT2D eigenvalue weighted by Gasteiger charge is 2.33. The first-order valence-electron chi connectivity index (χ1n) is 10.9. The number of nitrogens with one attached hydrogen (secondary N) is 1. The topological polar surface area (TPSA) is 93.7 Å². The lowest BCUT2D eigenvalue weighted by atomic mass is 10.1. The summed E-state index contributed by atoms with van der Waals surface area (Å²) in [5.74, 6) is -3.54. The molecule has 1 N–H and O–H groups in total. The summed E-state index contributed by atoms with van der Waals surface area (Å²) in [5, 5.41) is 9.98. The Labute approximate surface area is 211 Å². The number of alkyl halides is 3. The number of Topliss-reactive ketones (excluding diaryl/α,β-unsaturated/α-hetero) is 1. The molecule has 1 saturated heterocycles. The number of amides is 1. The normalized spacial score (nSPS) is 14.4. The van der Waals surface area contributed by atoms with Crippen molar-refractivity contribution in [2.75, 3.05) is 38.2 Å². The summed E-state index contributed by atoms with van der Waals surface area (Å²) in [5.41, 5.74) is -0.754. The van der Waals surface area contributed by atoms with Gasteiger partial charge < -0.3 is 14.8 Å². The minimum Gasteiger partial charge on any atom is -0.404 e. The van der Waals surface area contributed by atoms with Crippen molar-refractivity contribution < 1.29 is 41.0 Å². The molecule has 37 heavy (non-hydrogen) atoms. The third kappa shape index (κ3) is 7.05. The number of ether oxygens (including phenoxy) is 2. The van der Waals surface area contributed by atoms with E-state index in [1.54, 1.807) is 4.90 Å². The van der Waals surface area contributed by atoms with Crippen molar-refractivity contribution in [3.8, 4) is 16.3 Å². The van der Waals surface area contributed by atoms with Gasteiger partial charge in [0.15, 0.2) is 16.5 Å². The van der Waals surface area contributed by atoms with E-state index < -0.39 is 35.4 Å². The average Bonchev–Trinajstić information content (AvgIpc) is 3.27. The molecular weight excluding hydrogens is 523 g/mol. The molecule has 2 aromatic carbocycles. The van der Waals surface area contributed by atoms with Crippen LogP contribution in [0.3, 0.4) is 0 Å². The maximum Gasteiger partial charge on any atom is 0.573 e. The first kappa shape index (κ1) is 26.6. The van der Waals surface area contributed by atoms with E-state index in [2.05, 4.69) is 20.3 Å². The molecule has 0 atom stereocenters. The van der Waals surface area contributed by atoms with Crippen molar-refractivity contribution in [2.24, 2.45) is 0 Å². The number of carbonyl (C=O) groups is 2. The number of halogens is 5. The van der Waals surface area contributed by atoms with Gasteiger partial charge in [-0.3, -0.25) is 14.5 Å². The predicted molar refractivity (Wildman–Crippen MR) is 122 cm³/mol. The Morgan fingerprint density at radius 2 is 1.78 bits per heavy atom. The molecule has 1 amide bonds. The van der Waals surface area contributed by atoms with Gasteiger partial charge in [-0.05, 0) is 30.3 Å². The molecule has 14 heteroatoms. The molecule has 0 unspecified atom stereocenters. The molecule has 0 spiro atoms. The molecule has 0 saturated carbocycles. The van der Waals surface area contributed by atoms with E-state index in [0.29, 0.717) is 26.3 Å². The lowest BCUT2D eigenvalue weighted by Gasteiger charge is -2.26. The highest BCUT2D eigenvalue weighted by atomic mass is 32.1. The molecule has 8 nitrogen and oxygen atoms in total. The molecule has 1 aromatic heterocycles. The van der Waals surface area contributed by atoms with E-state index in [0.717, 1.165) is 41.7 Å². The van der Waals surface area contributed by atoms with Crippen LogP contribution in [0.2, 0.25) is 0 Å². The van der Waals surface area contributed by atoms with Crippen LogP contribution < -0.4 is 10.1 Å². The van der Waals surface area contributed by atoms with Crippen molar-refractivity contribution in [3.05, 3.63) is 58.6 Å². The van der Waals surface area contributed by atoms with Crippen LogP contribution in [0.15, 0.2) is 36.4 Å². The van der Waals surface area contributed by atoms with E-state index in [-0.39, 0.29) is 39.8 Å². The van der Waals surface area contributed by atoms with Gasteiger partial charge in [-0.1, -0.05) is 17.4 Å². The number of anilines is 1. The van der Waals surface area contributed by atoms with Crippen molar-refractivity contribution in [3.63, 3.8) is 0 Å². The number of morpholine rings is 1. The first-order chi connectivity index (χ1) is 17.6. The third-order valence-electron chi connectivity index (χ3n) is 5.23. The highest BCUT2D eigenvalue weighted by molar-refractivity contribution is 7.14. The summed E-state index contributed by atoms with van der Waals surface area (Å²) >= 11 is 0.801. The van der Waals surface area contributed by atoms with Gasteiger partial charge in [0.05, 0.1) is 37.4 Å². The smallest absolute Gasteiger partial charge is 0.404 e. The maximum atomic E-state index is 14.0. The third-order valence-corrected chi connectivity index (χ3v) is 6.17. The standard InChI is InChI=1S/C23H19F5N4O4S/c24-14-2-1-3-15(25)21(14)22-31-30-20(37-22)11-17(33)13-4-5-18(36-23(26,27)28)16(10-13)29-19(34)12-32-6-8-35-9-7-32/h1-5,10H,6-9,11-12H2,(H,29,34). The lowest BCUT2D eigenvalue weighted by molar-refractivity contribution is -0.274. The number of rotatable bonds is 8. The Balaban J connectivity index is 1.52. The lowest BCUT2D eigenvalue weighted by Crippen LogP contribution is -2.41. The SMILES string of the molecule is O=C(CN1CCOCC1)Nc1cc(C(=O)Cc2nnc(-c3c(F)cccc3F)s2)ccc1OC(F)(F)F. The number of ketones is 1. The molecule has 0 radical (unpaired) electrons. The second-order valence-electron chi connectivity index (χ2n) is 7.89. The van der Waals surface area contributed by atoms with E-state index in [1.807, 2.05) is 0 Å². The van der Waals surface area contributed by atoms with Crippen LogP contribution >= 0.6 is 11.3 Å². The largest absolute Gasteiger partial charge is 0.573 e. The Bertz CT molecular complexity index is 1270. The van der Waals surface area contributed by atoms with Gasteiger partial charge in [-0.2, -0.15) is 0 Å². The molecule has 1 aliphatic heterocycles. The van der Waals surface area contributed by atoms with E-state index in [4.69, 9.17) is 4.74 Å². The maximum absolute atomic E-state index is 14.0. The molecule has 1 fully saturated rings. The van der Waals surface area contributed by atoms with Crippen molar-refractivity contribution in [1.82, 2.24) is 15.1 Å². The average molecular weight is 542 g/mol. The van der Waals surface area contributed by atoms with E-state index >= 15 is 0 Å². The molecule has 4 rings (SSSR count). The molecule has 2 heterocycles. The summed E-state index contributed by atoms with van der Waals surface area (Å²) < 4.78 is 75.9. The van der Waals surface area contributed by atoms with Crippen molar-refractivity contribution >= 4 is 28.7 Å². The minimum atomic E-state index is -5.03. The quantitative estimate of drug-likeness (QED) is 0.339. The van der Waals surface area contributed by atoms with Gasteiger partial charge in [0.1, 0.15) is 16.6 Å². The molecular formula is C23H19F5N4O4S. The van der Waals surface area contributed by atoms with E-state index in [9.17, 15) is 31.5 Å². The number of nitrogens with zero attached hydrogens (tertiary/aromatic N) is 3. The van der Waals surface area contributed by atoms with Gasteiger partial charge in [0.25, 0.3) is 0 Å². The molecule has 3 aromatic rings. The zero-order valence-electron chi connectivity index (χ0n) is 19.0. The zero-order valence-corrected chi connectivity index (χ0v) is 19.8. The van der Waals surface area contributed by atoms with E-state index in [1.165, 1.54) is 6.07 Å². The van der Waals surface area contributed by atoms with Crippen molar-refractivity contribution in [1.29, 1.82) is 0 Å². The number of aromatic nitrogens is 2. The number of carbonyl (C=O) groups excluding carboxylic acids is 2. The van der Waals surface area contributed by atoms with Gasteiger partial charge in [-0.15, -0.1) is 23.4 Å². The first-order valence-corrected chi connectivity index (χ1v) is 11.7. The number of benzene rings is 2. The Morgan fingerprint density at radius 3 is 2.46 bits per heavy atom. The number of hydrogen-bond acceptors (Lipinski definition) is 8. The second kappa shape index (κ2) is 11.3. The predicted octanol–water partition coefficient (Wildman–Crippen LogP) is 4.08. The second-order valence-corrected chi connectivity index (χ2v) is 8.96. The fraction of sp³-hybridized carbons (Fsp3) is 0.304. The highest BCUT2D eigenvalue weighted by Crippen LogP contribution is 2.33.